The van der Waals surface area contributed by atoms with Crippen molar-refractivity contribution in [3.63, 3.8) is 0 Å². The van der Waals surface area contributed by atoms with Gasteiger partial charge >= 0.3 is 5.97 Å². The molecule has 0 unspecified atom stereocenters. The highest BCUT2D eigenvalue weighted by atomic mass is 35.5. The number of methoxy groups -OCH3 is 1. The standard InChI is InChI=1S/C13H9Cl2NO3/c1-19-13(18)11-5-4-9(12(17)16-11)8-3-2-7(14)6-10(8)15/h2-6H,1H3,(H,16,17). The number of rotatable bonds is 2. The number of carbonyl (C=O) groups excluding carboxylic acids is 1. The topological polar surface area (TPSA) is 59.2 Å². The van der Waals surface area contributed by atoms with Crippen molar-refractivity contribution in [3.05, 3.63) is 56.4 Å². The number of benzene rings is 1. The minimum Gasteiger partial charge on any atom is -0.464 e. The summed E-state index contributed by atoms with van der Waals surface area (Å²) in [5, 5.41) is 0.847. The van der Waals surface area contributed by atoms with E-state index in [9.17, 15) is 9.59 Å². The van der Waals surface area contributed by atoms with Crippen LogP contribution in [0.3, 0.4) is 0 Å². The SMILES string of the molecule is COC(=O)c1ccc(-c2ccc(Cl)cc2Cl)c(=O)[nH]1. The predicted octanol–water partition coefficient (Wildman–Crippen LogP) is 3.14. The van der Waals surface area contributed by atoms with Gasteiger partial charge in [0.25, 0.3) is 5.56 Å². The Morgan fingerprint density at radius 3 is 2.42 bits per heavy atom. The van der Waals surface area contributed by atoms with Gasteiger partial charge in [-0.25, -0.2) is 4.79 Å². The van der Waals surface area contributed by atoms with Crippen molar-refractivity contribution in [2.24, 2.45) is 0 Å². The number of halogens is 2. The summed E-state index contributed by atoms with van der Waals surface area (Å²) in [6.45, 7) is 0. The van der Waals surface area contributed by atoms with E-state index in [1.54, 1.807) is 18.2 Å². The highest BCUT2D eigenvalue weighted by Gasteiger charge is 2.12. The lowest BCUT2D eigenvalue weighted by Crippen LogP contribution is -2.15. The monoisotopic (exact) mass is 297 g/mol. The first kappa shape index (κ1) is 13.6. The lowest BCUT2D eigenvalue weighted by molar-refractivity contribution is 0.0594. The van der Waals surface area contributed by atoms with Crippen molar-refractivity contribution in [2.75, 3.05) is 7.11 Å². The van der Waals surface area contributed by atoms with Crippen molar-refractivity contribution in [2.45, 2.75) is 0 Å². The fourth-order valence-electron chi connectivity index (χ4n) is 1.62. The summed E-state index contributed by atoms with van der Waals surface area (Å²) in [5.74, 6) is -0.606. The third-order valence-corrected chi connectivity index (χ3v) is 3.08. The Balaban J connectivity index is 2.52. The van der Waals surface area contributed by atoms with Gasteiger partial charge in [-0.1, -0.05) is 29.3 Å². The molecule has 0 aliphatic heterocycles. The number of pyridine rings is 1. The van der Waals surface area contributed by atoms with Gasteiger partial charge in [-0.05, 0) is 24.3 Å². The average Bonchev–Trinajstić information content (AvgIpc) is 2.38. The molecule has 98 valence electrons. The van der Waals surface area contributed by atoms with Crippen molar-refractivity contribution < 1.29 is 9.53 Å². The number of H-pyrrole nitrogens is 1. The number of aromatic amines is 1. The Bertz CT molecular complexity index is 695. The maximum Gasteiger partial charge on any atom is 0.354 e. The molecule has 0 saturated heterocycles. The third-order valence-electron chi connectivity index (χ3n) is 2.54. The van der Waals surface area contributed by atoms with Gasteiger partial charge in [-0.2, -0.15) is 0 Å². The summed E-state index contributed by atoms with van der Waals surface area (Å²) in [6, 6.07) is 7.81. The molecule has 0 atom stereocenters. The minimum atomic E-state index is -0.606. The Kier molecular flexibility index (Phi) is 3.93. The maximum atomic E-state index is 11.9. The van der Waals surface area contributed by atoms with E-state index in [0.717, 1.165) is 0 Å². The van der Waals surface area contributed by atoms with E-state index < -0.39 is 11.5 Å². The normalized spacial score (nSPS) is 10.3. The summed E-state index contributed by atoms with van der Waals surface area (Å²) < 4.78 is 4.52. The molecule has 6 heteroatoms. The van der Waals surface area contributed by atoms with Gasteiger partial charge in [-0.3, -0.25) is 4.79 Å². The first-order valence-electron chi connectivity index (χ1n) is 5.30. The Morgan fingerprint density at radius 1 is 1.16 bits per heavy atom. The van der Waals surface area contributed by atoms with E-state index >= 15 is 0 Å². The smallest absolute Gasteiger partial charge is 0.354 e. The van der Waals surface area contributed by atoms with E-state index in [2.05, 4.69) is 9.72 Å². The lowest BCUT2D eigenvalue weighted by atomic mass is 10.1. The summed E-state index contributed by atoms with van der Waals surface area (Å²) in [7, 11) is 1.24. The molecular weight excluding hydrogens is 289 g/mol. The van der Waals surface area contributed by atoms with Crippen molar-refractivity contribution in [3.8, 4) is 11.1 Å². The molecule has 1 aromatic heterocycles. The van der Waals surface area contributed by atoms with E-state index in [1.165, 1.54) is 19.2 Å². The summed E-state index contributed by atoms with van der Waals surface area (Å²) >= 11 is 11.8. The molecular formula is C13H9Cl2NO3. The molecule has 2 aromatic rings. The maximum absolute atomic E-state index is 11.9. The molecule has 0 amide bonds. The molecule has 1 aromatic carbocycles. The zero-order valence-electron chi connectivity index (χ0n) is 9.87. The summed E-state index contributed by atoms with van der Waals surface area (Å²) in [4.78, 5) is 25.7. The Morgan fingerprint density at radius 2 is 1.84 bits per heavy atom. The first-order valence-corrected chi connectivity index (χ1v) is 6.05. The van der Waals surface area contributed by atoms with Crippen molar-refractivity contribution >= 4 is 29.2 Å². The zero-order valence-corrected chi connectivity index (χ0v) is 11.4. The van der Waals surface area contributed by atoms with Crippen molar-refractivity contribution in [1.82, 2.24) is 4.98 Å². The molecule has 0 spiro atoms. The largest absolute Gasteiger partial charge is 0.464 e. The second-order valence-corrected chi connectivity index (χ2v) is 4.57. The van der Waals surface area contributed by atoms with E-state index in [4.69, 9.17) is 23.2 Å². The van der Waals surface area contributed by atoms with Crippen LogP contribution in [-0.2, 0) is 4.74 Å². The minimum absolute atomic E-state index is 0.0846. The second kappa shape index (κ2) is 5.47. The molecule has 0 fully saturated rings. The fraction of sp³-hybridized carbons (Fsp3) is 0.0769. The lowest BCUT2D eigenvalue weighted by Gasteiger charge is -2.05. The van der Waals surface area contributed by atoms with Crippen LogP contribution >= 0.6 is 23.2 Å². The number of carbonyl (C=O) groups is 1. The predicted molar refractivity (Wildman–Crippen MR) is 73.9 cm³/mol. The highest BCUT2D eigenvalue weighted by Crippen LogP contribution is 2.28. The number of hydrogen-bond acceptors (Lipinski definition) is 3. The molecule has 2 rings (SSSR count). The number of aromatic nitrogens is 1. The van der Waals surface area contributed by atoms with Gasteiger partial charge in [0, 0.05) is 16.1 Å². The molecule has 0 radical (unpaired) electrons. The van der Waals surface area contributed by atoms with Crippen LogP contribution in [0.15, 0.2) is 35.1 Å². The van der Waals surface area contributed by atoms with Gasteiger partial charge in [0.05, 0.1) is 12.1 Å². The molecule has 0 aliphatic carbocycles. The second-order valence-electron chi connectivity index (χ2n) is 3.73. The number of esters is 1. The average molecular weight is 298 g/mol. The fourth-order valence-corrected chi connectivity index (χ4v) is 2.13. The van der Waals surface area contributed by atoms with Crippen LogP contribution in [-0.4, -0.2) is 18.1 Å². The van der Waals surface area contributed by atoms with Crippen LogP contribution in [0.5, 0.6) is 0 Å². The van der Waals surface area contributed by atoms with Crippen LogP contribution in [0.25, 0.3) is 11.1 Å². The highest BCUT2D eigenvalue weighted by molar-refractivity contribution is 6.36. The van der Waals surface area contributed by atoms with Crippen LogP contribution in [0, 0.1) is 0 Å². The number of nitrogens with one attached hydrogen (secondary N) is 1. The number of hydrogen-bond donors (Lipinski definition) is 1. The summed E-state index contributed by atoms with van der Waals surface area (Å²) in [6.07, 6.45) is 0. The summed E-state index contributed by atoms with van der Waals surface area (Å²) in [5.41, 5.74) is 0.562. The number of ether oxygens (including phenoxy) is 1. The Labute approximate surface area is 118 Å². The molecule has 19 heavy (non-hydrogen) atoms. The molecule has 4 nitrogen and oxygen atoms in total. The molecule has 0 saturated carbocycles. The van der Waals surface area contributed by atoms with Gasteiger partial charge in [0.2, 0.25) is 0 Å². The quantitative estimate of drug-likeness (QED) is 0.866. The van der Waals surface area contributed by atoms with Gasteiger partial charge in [0.1, 0.15) is 5.69 Å². The van der Waals surface area contributed by atoms with Crippen LogP contribution in [0.2, 0.25) is 10.0 Å². The van der Waals surface area contributed by atoms with E-state index in [-0.39, 0.29) is 5.69 Å². The third kappa shape index (κ3) is 2.80. The molecule has 1 N–H and O–H groups in total. The van der Waals surface area contributed by atoms with Crippen LogP contribution in [0.4, 0.5) is 0 Å². The molecule has 0 bridgehead atoms. The van der Waals surface area contributed by atoms with E-state index in [1.807, 2.05) is 0 Å². The molecule has 0 aliphatic rings. The van der Waals surface area contributed by atoms with Gasteiger partial charge < -0.3 is 9.72 Å². The van der Waals surface area contributed by atoms with Crippen LogP contribution in [0.1, 0.15) is 10.5 Å². The van der Waals surface area contributed by atoms with Crippen molar-refractivity contribution in [1.29, 1.82) is 0 Å². The van der Waals surface area contributed by atoms with Gasteiger partial charge in [0.15, 0.2) is 0 Å². The van der Waals surface area contributed by atoms with E-state index in [0.29, 0.717) is 21.2 Å². The zero-order chi connectivity index (χ0) is 14.0. The van der Waals surface area contributed by atoms with Gasteiger partial charge in [-0.15, -0.1) is 0 Å². The Hall–Kier alpha value is -1.78. The molecule has 1 heterocycles. The van der Waals surface area contributed by atoms with Crippen LogP contribution < -0.4 is 5.56 Å². The first-order chi connectivity index (χ1) is 9.02.